The molecule has 0 radical (unpaired) electrons. The van der Waals surface area contributed by atoms with Crippen molar-refractivity contribution in [1.82, 2.24) is 19.3 Å². The fraction of sp³-hybridized carbons (Fsp3) is 0.0526. The second-order valence-corrected chi connectivity index (χ2v) is 5.92. The van der Waals surface area contributed by atoms with E-state index in [0.29, 0.717) is 12.0 Å². The van der Waals surface area contributed by atoms with Crippen LogP contribution in [-0.4, -0.2) is 25.6 Å². The normalized spacial score (nSPS) is 10.9. The molecule has 8 heteroatoms. The van der Waals surface area contributed by atoms with Gasteiger partial charge in [0.15, 0.2) is 12.0 Å². The number of rotatable bonds is 3. The summed E-state index contributed by atoms with van der Waals surface area (Å²) < 4.78 is 31.6. The van der Waals surface area contributed by atoms with Crippen molar-refractivity contribution in [1.29, 1.82) is 5.26 Å². The van der Waals surface area contributed by atoms with Crippen molar-refractivity contribution >= 4 is 17.2 Å². The van der Waals surface area contributed by atoms with E-state index in [1.807, 2.05) is 0 Å². The van der Waals surface area contributed by atoms with E-state index in [9.17, 15) is 13.6 Å². The molecule has 0 unspecified atom stereocenters. The number of hydrogen-bond acceptors (Lipinski definition) is 4. The number of aromatic nitrogens is 4. The van der Waals surface area contributed by atoms with Gasteiger partial charge in [-0.1, -0.05) is 0 Å². The highest BCUT2D eigenvalue weighted by molar-refractivity contribution is 5.81. The van der Waals surface area contributed by atoms with Crippen LogP contribution >= 0.6 is 0 Å². The molecule has 0 saturated heterocycles. The maximum atomic E-state index is 14.8. The van der Waals surface area contributed by atoms with Gasteiger partial charge < -0.3 is 0 Å². The van der Waals surface area contributed by atoms with Crippen molar-refractivity contribution in [3.8, 4) is 23.1 Å². The Morgan fingerprint density at radius 3 is 2.70 bits per heavy atom. The average molecular weight is 363 g/mol. The van der Waals surface area contributed by atoms with Crippen molar-refractivity contribution in [2.24, 2.45) is 7.05 Å². The lowest BCUT2D eigenvalue weighted by Gasteiger charge is -2.09. The van der Waals surface area contributed by atoms with Gasteiger partial charge in [0.2, 0.25) is 5.95 Å². The first kappa shape index (κ1) is 16.6. The molecule has 0 atom stereocenters. The molecule has 0 aliphatic rings. The highest BCUT2D eigenvalue weighted by Crippen LogP contribution is 2.28. The van der Waals surface area contributed by atoms with E-state index in [2.05, 4.69) is 10.1 Å². The largest absolute Gasteiger partial charge is 0.296 e. The number of benzene rings is 2. The highest BCUT2D eigenvalue weighted by Gasteiger charge is 2.21. The van der Waals surface area contributed by atoms with Crippen LogP contribution in [0.5, 0.6) is 0 Å². The minimum Gasteiger partial charge on any atom is -0.296 e. The second kappa shape index (κ2) is 6.14. The van der Waals surface area contributed by atoms with Crippen LogP contribution in [0.3, 0.4) is 0 Å². The Morgan fingerprint density at radius 2 is 2.00 bits per heavy atom. The predicted molar refractivity (Wildman–Crippen MR) is 93.3 cm³/mol. The molecule has 0 amide bonds. The fourth-order valence-electron chi connectivity index (χ4n) is 2.94. The number of aldehydes is 1. The summed E-state index contributed by atoms with van der Waals surface area (Å²) in [6.07, 6.45) is 2.08. The van der Waals surface area contributed by atoms with Gasteiger partial charge in [-0.2, -0.15) is 14.8 Å². The highest BCUT2D eigenvalue weighted by atomic mass is 19.1. The molecule has 2 aromatic heterocycles. The summed E-state index contributed by atoms with van der Waals surface area (Å²) in [5.74, 6) is -1.55. The third-order valence-corrected chi connectivity index (χ3v) is 4.17. The molecule has 2 heterocycles. The van der Waals surface area contributed by atoms with Crippen LogP contribution in [0.4, 0.5) is 8.78 Å². The molecule has 0 spiro atoms. The molecule has 0 aliphatic heterocycles. The van der Waals surface area contributed by atoms with E-state index in [-0.39, 0.29) is 22.6 Å². The SMILES string of the molecule is Cn1cc2cc(-n3c(-c4ccc(C#N)c(F)c4)nc(C=O)c3F)ccc2n1. The maximum absolute atomic E-state index is 14.8. The van der Waals surface area contributed by atoms with E-state index in [1.165, 1.54) is 12.1 Å². The van der Waals surface area contributed by atoms with Crippen LogP contribution in [0.1, 0.15) is 16.1 Å². The van der Waals surface area contributed by atoms with Gasteiger partial charge in [0.05, 0.1) is 16.8 Å². The second-order valence-electron chi connectivity index (χ2n) is 5.92. The van der Waals surface area contributed by atoms with Crippen LogP contribution in [0, 0.1) is 23.1 Å². The Hall–Kier alpha value is -3.86. The predicted octanol–water partition coefficient (Wildman–Crippen LogP) is 3.39. The van der Waals surface area contributed by atoms with Gasteiger partial charge in [0.25, 0.3) is 0 Å². The summed E-state index contributed by atoms with van der Waals surface area (Å²) >= 11 is 0. The number of imidazole rings is 1. The zero-order chi connectivity index (χ0) is 19.1. The van der Waals surface area contributed by atoms with Gasteiger partial charge in [0, 0.05) is 24.2 Å². The van der Waals surface area contributed by atoms with Gasteiger partial charge in [-0.3, -0.25) is 14.0 Å². The molecule has 6 nitrogen and oxygen atoms in total. The summed E-state index contributed by atoms with van der Waals surface area (Å²) in [7, 11) is 1.77. The molecule has 27 heavy (non-hydrogen) atoms. The minimum atomic E-state index is -0.854. The van der Waals surface area contributed by atoms with E-state index in [0.717, 1.165) is 21.5 Å². The molecule has 132 valence electrons. The number of carbonyl (C=O) groups excluding carboxylic acids is 1. The monoisotopic (exact) mass is 363 g/mol. The fourth-order valence-corrected chi connectivity index (χ4v) is 2.94. The molecule has 0 aliphatic carbocycles. The minimum absolute atomic E-state index is 0.0567. The number of hydrogen-bond donors (Lipinski definition) is 0. The number of aryl methyl sites for hydroxylation is 1. The molecule has 2 aromatic carbocycles. The molecular formula is C19H11F2N5O. The zero-order valence-electron chi connectivity index (χ0n) is 14.0. The van der Waals surface area contributed by atoms with Crippen LogP contribution in [0.15, 0.2) is 42.6 Å². The Balaban J connectivity index is 1.96. The lowest BCUT2D eigenvalue weighted by molar-refractivity contribution is 0.111. The quantitative estimate of drug-likeness (QED) is 0.523. The van der Waals surface area contributed by atoms with Crippen molar-refractivity contribution in [3.63, 3.8) is 0 Å². The summed E-state index contributed by atoms with van der Waals surface area (Å²) in [4.78, 5) is 15.2. The summed E-state index contributed by atoms with van der Waals surface area (Å²) in [6, 6.07) is 10.6. The Labute approximate surface area is 151 Å². The van der Waals surface area contributed by atoms with Gasteiger partial charge >= 0.3 is 0 Å². The lowest BCUT2D eigenvalue weighted by atomic mass is 10.1. The van der Waals surface area contributed by atoms with Crippen molar-refractivity contribution in [2.75, 3.05) is 0 Å². The van der Waals surface area contributed by atoms with Crippen LogP contribution in [0.25, 0.3) is 28.0 Å². The number of fused-ring (bicyclic) bond motifs is 1. The Morgan fingerprint density at radius 1 is 1.19 bits per heavy atom. The van der Waals surface area contributed by atoms with Gasteiger partial charge in [0.1, 0.15) is 17.7 Å². The van der Waals surface area contributed by atoms with E-state index in [1.54, 1.807) is 42.2 Å². The third-order valence-electron chi connectivity index (χ3n) is 4.17. The lowest BCUT2D eigenvalue weighted by Crippen LogP contribution is -2.01. The molecule has 0 saturated carbocycles. The first-order chi connectivity index (χ1) is 13.0. The molecular weight excluding hydrogens is 352 g/mol. The van der Waals surface area contributed by atoms with Crippen LogP contribution in [0.2, 0.25) is 0 Å². The third kappa shape index (κ3) is 2.66. The molecule has 0 fully saturated rings. The molecule has 0 N–H and O–H groups in total. The van der Waals surface area contributed by atoms with Gasteiger partial charge in [-0.25, -0.2) is 9.37 Å². The number of nitrogens with zero attached hydrogens (tertiary/aromatic N) is 5. The molecule has 4 rings (SSSR count). The van der Waals surface area contributed by atoms with Crippen LogP contribution < -0.4 is 0 Å². The molecule has 4 aromatic rings. The van der Waals surface area contributed by atoms with E-state index < -0.39 is 11.8 Å². The summed E-state index contributed by atoms with van der Waals surface area (Å²) in [5, 5.41) is 13.9. The standard InChI is InChI=1S/C19H11F2N5O/c1-25-9-13-6-14(4-5-16(13)24-25)26-18(21)17(10-27)23-19(26)11-2-3-12(8-22)15(20)7-11/h2-7,9-10H,1H3. The Kier molecular flexibility index (Phi) is 3.78. The summed E-state index contributed by atoms with van der Waals surface area (Å²) in [5.41, 5.74) is 0.854. The smallest absolute Gasteiger partial charge is 0.229 e. The molecule has 0 bridgehead atoms. The number of halogens is 2. The van der Waals surface area contributed by atoms with E-state index in [4.69, 9.17) is 5.26 Å². The maximum Gasteiger partial charge on any atom is 0.229 e. The topological polar surface area (TPSA) is 76.5 Å². The van der Waals surface area contributed by atoms with Gasteiger partial charge in [-0.05, 0) is 36.4 Å². The number of carbonyl (C=O) groups is 1. The number of nitriles is 1. The van der Waals surface area contributed by atoms with Gasteiger partial charge in [-0.15, -0.1) is 0 Å². The van der Waals surface area contributed by atoms with Crippen molar-refractivity contribution in [3.05, 3.63) is 65.6 Å². The van der Waals surface area contributed by atoms with Crippen molar-refractivity contribution < 1.29 is 13.6 Å². The summed E-state index contributed by atoms with van der Waals surface area (Å²) in [6.45, 7) is 0. The van der Waals surface area contributed by atoms with Crippen molar-refractivity contribution in [2.45, 2.75) is 0 Å². The first-order valence-electron chi connectivity index (χ1n) is 7.89. The zero-order valence-corrected chi connectivity index (χ0v) is 14.0. The van der Waals surface area contributed by atoms with E-state index >= 15 is 0 Å². The first-order valence-corrected chi connectivity index (χ1v) is 7.89. The van der Waals surface area contributed by atoms with Crippen LogP contribution in [-0.2, 0) is 7.05 Å². The Bertz CT molecular complexity index is 1250. The average Bonchev–Trinajstić information content (AvgIpc) is 3.19.